The molecule has 4 nitrogen and oxygen atoms in total. The first-order chi connectivity index (χ1) is 11.6. The minimum atomic E-state index is -0.244. The van der Waals surface area contributed by atoms with Crippen molar-refractivity contribution in [2.24, 2.45) is 0 Å². The van der Waals surface area contributed by atoms with Crippen molar-refractivity contribution >= 4 is 16.8 Å². The van der Waals surface area contributed by atoms with Gasteiger partial charge in [0.1, 0.15) is 5.56 Å². The van der Waals surface area contributed by atoms with Crippen LogP contribution in [0.1, 0.15) is 28.4 Å². The number of hydrogen-bond acceptors (Lipinski definition) is 2. The van der Waals surface area contributed by atoms with Gasteiger partial charge in [0.25, 0.3) is 5.91 Å². The maximum Gasteiger partial charge on any atom is 0.259 e. The normalized spacial score (nSPS) is 10.8. The Hall–Kier alpha value is -2.88. The lowest BCUT2D eigenvalue weighted by atomic mass is 10.1. The molecule has 0 unspecified atom stereocenters. The number of carbonyl (C=O) groups is 1. The van der Waals surface area contributed by atoms with E-state index in [1.807, 2.05) is 62.4 Å². The molecule has 0 saturated heterocycles. The van der Waals surface area contributed by atoms with Crippen LogP contribution in [0.3, 0.4) is 0 Å². The van der Waals surface area contributed by atoms with E-state index >= 15 is 0 Å². The number of aryl methyl sites for hydroxylation is 1. The minimum absolute atomic E-state index is 0.186. The molecule has 1 heterocycles. The summed E-state index contributed by atoms with van der Waals surface area (Å²) in [4.78, 5) is 30.3. The molecule has 4 heteroatoms. The molecule has 3 aromatic rings. The highest BCUT2D eigenvalue weighted by Gasteiger charge is 2.19. The highest BCUT2D eigenvalue weighted by Crippen LogP contribution is 2.13. The van der Waals surface area contributed by atoms with Crippen LogP contribution < -0.4 is 5.43 Å². The number of H-pyrrole nitrogens is 1. The molecular formula is C20H20N2O2. The van der Waals surface area contributed by atoms with Crippen molar-refractivity contribution in [2.45, 2.75) is 20.4 Å². The first kappa shape index (κ1) is 16.0. The molecule has 1 amide bonds. The maximum absolute atomic E-state index is 12.8. The molecule has 0 bridgehead atoms. The Kier molecular flexibility index (Phi) is 4.47. The van der Waals surface area contributed by atoms with Crippen LogP contribution in [-0.4, -0.2) is 22.3 Å². The summed E-state index contributed by atoms with van der Waals surface area (Å²) in [5.74, 6) is -0.244. The summed E-state index contributed by atoms with van der Waals surface area (Å²) in [5.41, 5.74) is 2.75. The van der Waals surface area contributed by atoms with Gasteiger partial charge in [-0.05, 0) is 31.5 Å². The molecule has 1 aromatic heterocycles. The fraction of sp³-hybridized carbons (Fsp3) is 0.200. The lowest BCUT2D eigenvalue weighted by Crippen LogP contribution is -2.33. The van der Waals surface area contributed by atoms with Crippen molar-refractivity contribution in [3.8, 4) is 0 Å². The zero-order chi connectivity index (χ0) is 17.1. The second-order valence-electron chi connectivity index (χ2n) is 5.89. The molecule has 122 valence electrons. The summed E-state index contributed by atoms with van der Waals surface area (Å²) >= 11 is 0. The van der Waals surface area contributed by atoms with Crippen LogP contribution in [0.4, 0.5) is 0 Å². The molecule has 2 aromatic carbocycles. The molecule has 0 radical (unpaired) electrons. The van der Waals surface area contributed by atoms with Crippen molar-refractivity contribution in [3.63, 3.8) is 0 Å². The number of nitrogens with zero attached hydrogens (tertiary/aromatic N) is 1. The number of amides is 1. The van der Waals surface area contributed by atoms with Crippen molar-refractivity contribution < 1.29 is 4.79 Å². The van der Waals surface area contributed by atoms with E-state index in [-0.39, 0.29) is 16.9 Å². The molecule has 24 heavy (non-hydrogen) atoms. The largest absolute Gasteiger partial charge is 0.360 e. The molecule has 0 saturated carbocycles. The topological polar surface area (TPSA) is 53.2 Å². The predicted octanol–water partition coefficient (Wildman–Crippen LogP) is 3.50. The smallest absolute Gasteiger partial charge is 0.259 e. The molecule has 0 aliphatic carbocycles. The summed E-state index contributed by atoms with van der Waals surface area (Å²) in [7, 11) is 0. The van der Waals surface area contributed by atoms with Gasteiger partial charge in [-0.15, -0.1) is 0 Å². The summed E-state index contributed by atoms with van der Waals surface area (Å²) in [6, 6.07) is 15.4. The Bertz CT molecular complexity index is 929. The van der Waals surface area contributed by atoms with Crippen LogP contribution in [0, 0.1) is 6.92 Å². The van der Waals surface area contributed by atoms with Gasteiger partial charge in [-0.1, -0.05) is 42.0 Å². The summed E-state index contributed by atoms with van der Waals surface area (Å²) in [6.07, 6.45) is 1.52. The van der Waals surface area contributed by atoms with Crippen LogP contribution in [0.25, 0.3) is 10.9 Å². The monoisotopic (exact) mass is 320 g/mol. The van der Waals surface area contributed by atoms with Crippen molar-refractivity contribution in [1.29, 1.82) is 0 Å². The molecular weight excluding hydrogens is 300 g/mol. The van der Waals surface area contributed by atoms with Crippen LogP contribution in [0.15, 0.2) is 59.5 Å². The van der Waals surface area contributed by atoms with Gasteiger partial charge in [0, 0.05) is 30.2 Å². The number of carbonyl (C=O) groups excluding carboxylic acids is 1. The van der Waals surface area contributed by atoms with Gasteiger partial charge in [-0.2, -0.15) is 0 Å². The Morgan fingerprint density at radius 2 is 1.88 bits per heavy atom. The Labute approximate surface area is 140 Å². The first-order valence-corrected chi connectivity index (χ1v) is 8.05. The van der Waals surface area contributed by atoms with E-state index in [0.29, 0.717) is 18.5 Å². The fourth-order valence-corrected chi connectivity index (χ4v) is 2.79. The van der Waals surface area contributed by atoms with E-state index in [1.165, 1.54) is 6.20 Å². The van der Waals surface area contributed by atoms with Crippen molar-refractivity contribution in [3.05, 3.63) is 81.6 Å². The first-order valence-electron chi connectivity index (χ1n) is 8.05. The van der Waals surface area contributed by atoms with Crippen LogP contribution in [0.5, 0.6) is 0 Å². The molecule has 0 atom stereocenters. The third kappa shape index (κ3) is 3.08. The number of nitrogens with one attached hydrogen (secondary N) is 1. The quantitative estimate of drug-likeness (QED) is 0.800. The highest BCUT2D eigenvalue weighted by molar-refractivity contribution is 5.97. The van der Waals surface area contributed by atoms with E-state index in [2.05, 4.69) is 4.98 Å². The van der Waals surface area contributed by atoms with E-state index in [1.54, 1.807) is 4.90 Å². The Morgan fingerprint density at radius 1 is 1.12 bits per heavy atom. The molecule has 0 spiro atoms. The van der Waals surface area contributed by atoms with Crippen LogP contribution in [-0.2, 0) is 6.54 Å². The van der Waals surface area contributed by atoms with Gasteiger partial charge >= 0.3 is 0 Å². The second-order valence-corrected chi connectivity index (χ2v) is 5.89. The second kappa shape index (κ2) is 6.71. The van der Waals surface area contributed by atoms with E-state index < -0.39 is 0 Å². The summed E-state index contributed by atoms with van der Waals surface area (Å²) in [6.45, 7) is 4.88. The van der Waals surface area contributed by atoms with Crippen molar-refractivity contribution in [1.82, 2.24) is 9.88 Å². The Morgan fingerprint density at radius 3 is 2.58 bits per heavy atom. The fourth-order valence-electron chi connectivity index (χ4n) is 2.79. The standard InChI is InChI=1S/C20H20N2O2/c1-3-22(13-15-7-5-4-6-8-15)20(24)17-12-21-18-10-9-14(2)11-16(18)19(17)23/h4-12H,3,13H2,1-2H3,(H,21,23). The van der Waals surface area contributed by atoms with E-state index in [4.69, 9.17) is 0 Å². The van der Waals surface area contributed by atoms with Gasteiger partial charge in [0.05, 0.1) is 0 Å². The number of hydrogen-bond donors (Lipinski definition) is 1. The maximum atomic E-state index is 12.8. The van der Waals surface area contributed by atoms with E-state index in [9.17, 15) is 9.59 Å². The lowest BCUT2D eigenvalue weighted by Gasteiger charge is -2.21. The van der Waals surface area contributed by atoms with Gasteiger partial charge < -0.3 is 9.88 Å². The van der Waals surface area contributed by atoms with Gasteiger partial charge in [-0.3, -0.25) is 9.59 Å². The number of benzene rings is 2. The number of pyridine rings is 1. The number of aromatic amines is 1. The zero-order valence-electron chi connectivity index (χ0n) is 13.9. The van der Waals surface area contributed by atoms with Crippen LogP contribution >= 0.6 is 0 Å². The summed E-state index contributed by atoms with van der Waals surface area (Å²) in [5, 5.41) is 0.552. The molecule has 3 rings (SSSR count). The van der Waals surface area contributed by atoms with E-state index in [0.717, 1.165) is 16.6 Å². The lowest BCUT2D eigenvalue weighted by molar-refractivity contribution is 0.0751. The minimum Gasteiger partial charge on any atom is -0.360 e. The van der Waals surface area contributed by atoms with Gasteiger partial charge in [0.2, 0.25) is 5.43 Å². The number of rotatable bonds is 4. The molecule has 1 N–H and O–H groups in total. The summed E-state index contributed by atoms with van der Waals surface area (Å²) < 4.78 is 0. The average Bonchev–Trinajstić information content (AvgIpc) is 2.61. The van der Waals surface area contributed by atoms with Crippen molar-refractivity contribution in [2.75, 3.05) is 6.54 Å². The molecule has 0 aliphatic heterocycles. The highest BCUT2D eigenvalue weighted by atomic mass is 16.2. The SMILES string of the molecule is CCN(Cc1ccccc1)C(=O)c1c[nH]c2ccc(C)cc2c1=O. The Balaban J connectivity index is 1.97. The third-order valence-electron chi connectivity index (χ3n) is 4.15. The van der Waals surface area contributed by atoms with Crippen LogP contribution in [0.2, 0.25) is 0 Å². The molecule has 0 aliphatic rings. The number of fused-ring (bicyclic) bond motifs is 1. The third-order valence-corrected chi connectivity index (χ3v) is 4.15. The van der Waals surface area contributed by atoms with Gasteiger partial charge in [0.15, 0.2) is 0 Å². The zero-order valence-corrected chi connectivity index (χ0v) is 13.9. The number of aromatic nitrogens is 1. The molecule has 0 fully saturated rings. The van der Waals surface area contributed by atoms with Gasteiger partial charge in [-0.25, -0.2) is 0 Å². The predicted molar refractivity (Wildman–Crippen MR) is 96.2 cm³/mol. The average molecular weight is 320 g/mol.